The molecular formula is C14H13NO3S2. The highest BCUT2D eigenvalue weighted by Gasteiger charge is 2.06. The fourth-order valence-corrected chi connectivity index (χ4v) is 3.20. The number of carboxylic acid groups (broad SMARTS) is 1. The van der Waals surface area contributed by atoms with Crippen LogP contribution in [-0.2, 0) is 16.0 Å². The smallest absolute Gasteiger partial charge is 0.307 e. The lowest BCUT2D eigenvalue weighted by atomic mass is 10.1. The zero-order chi connectivity index (χ0) is 14.4. The van der Waals surface area contributed by atoms with Crippen LogP contribution in [0.2, 0.25) is 0 Å². The van der Waals surface area contributed by atoms with Gasteiger partial charge < -0.3 is 10.4 Å². The maximum absolute atomic E-state index is 11.8. The largest absolute Gasteiger partial charge is 0.481 e. The molecule has 2 N–H and O–H groups in total. The van der Waals surface area contributed by atoms with Crippen molar-refractivity contribution < 1.29 is 14.7 Å². The third-order valence-corrected chi connectivity index (χ3v) is 4.54. The molecule has 0 radical (unpaired) electrons. The highest BCUT2D eigenvalue weighted by Crippen LogP contribution is 2.23. The van der Waals surface area contributed by atoms with Crippen LogP contribution in [0.5, 0.6) is 0 Å². The zero-order valence-electron chi connectivity index (χ0n) is 10.5. The number of amides is 1. The number of carbonyl (C=O) groups excluding carboxylic acids is 1. The summed E-state index contributed by atoms with van der Waals surface area (Å²) in [5, 5.41) is 13.5. The van der Waals surface area contributed by atoms with Gasteiger partial charge in [-0.15, -0.1) is 23.1 Å². The van der Waals surface area contributed by atoms with Crippen LogP contribution in [0, 0.1) is 0 Å². The molecule has 104 valence electrons. The van der Waals surface area contributed by atoms with Crippen molar-refractivity contribution in [2.24, 2.45) is 0 Å². The number of thiophene rings is 1. The van der Waals surface area contributed by atoms with Crippen LogP contribution < -0.4 is 5.32 Å². The lowest BCUT2D eigenvalue weighted by Gasteiger charge is -2.06. The van der Waals surface area contributed by atoms with Crippen molar-refractivity contribution in [3.8, 4) is 0 Å². The van der Waals surface area contributed by atoms with Gasteiger partial charge in [0.05, 0.1) is 16.4 Å². The Hall–Kier alpha value is -1.79. The molecule has 4 nitrogen and oxygen atoms in total. The van der Waals surface area contributed by atoms with Gasteiger partial charge in [-0.05, 0) is 29.1 Å². The average molecular weight is 307 g/mol. The van der Waals surface area contributed by atoms with Crippen molar-refractivity contribution in [1.29, 1.82) is 0 Å². The molecule has 0 unspecified atom stereocenters. The van der Waals surface area contributed by atoms with Gasteiger partial charge in [0.2, 0.25) is 5.91 Å². The topological polar surface area (TPSA) is 66.4 Å². The number of aliphatic carboxylic acids is 1. The predicted molar refractivity (Wildman–Crippen MR) is 81.5 cm³/mol. The van der Waals surface area contributed by atoms with E-state index < -0.39 is 5.97 Å². The molecule has 1 amide bonds. The normalized spacial score (nSPS) is 10.2. The van der Waals surface area contributed by atoms with Crippen LogP contribution in [0.25, 0.3) is 0 Å². The van der Waals surface area contributed by atoms with E-state index in [2.05, 4.69) is 5.32 Å². The number of anilines is 1. The van der Waals surface area contributed by atoms with Crippen LogP contribution in [-0.4, -0.2) is 22.7 Å². The quantitative estimate of drug-likeness (QED) is 0.805. The molecule has 0 aliphatic carbocycles. The van der Waals surface area contributed by atoms with E-state index in [4.69, 9.17) is 5.11 Å². The van der Waals surface area contributed by atoms with Crippen molar-refractivity contribution >= 4 is 40.7 Å². The zero-order valence-corrected chi connectivity index (χ0v) is 12.2. The first-order valence-corrected chi connectivity index (χ1v) is 7.77. The van der Waals surface area contributed by atoms with Gasteiger partial charge in [-0.25, -0.2) is 0 Å². The van der Waals surface area contributed by atoms with E-state index in [9.17, 15) is 9.59 Å². The van der Waals surface area contributed by atoms with Gasteiger partial charge in [-0.2, -0.15) is 0 Å². The molecule has 20 heavy (non-hydrogen) atoms. The molecule has 2 rings (SSSR count). The first kappa shape index (κ1) is 14.6. The summed E-state index contributed by atoms with van der Waals surface area (Å²) in [5.74, 6) is -0.651. The lowest BCUT2D eigenvalue weighted by Crippen LogP contribution is -2.14. The van der Waals surface area contributed by atoms with Gasteiger partial charge in [0.25, 0.3) is 0 Å². The number of rotatable bonds is 6. The van der Waals surface area contributed by atoms with E-state index in [0.717, 1.165) is 4.21 Å². The van der Waals surface area contributed by atoms with Crippen molar-refractivity contribution in [2.75, 3.05) is 11.1 Å². The van der Waals surface area contributed by atoms with E-state index in [0.29, 0.717) is 17.0 Å². The Labute approximate surface area is 124 Å². The third kappa shape index (κ3) is 4.71. The molecule has 0 saturated carbocycles. The van der Waals surface area contributed by atoms with Gasteiger partial charge in [0.15, 0.2) is 0 Å². The SMILES string of the molecule is O=C(O)Cc1cccc(NC(=O)CSc2cccs2)c1. The minimum Gasteiger partial charge on any atom is -0.481 e. The Kier molecular flexibility index (Phi) is 5.20. The van der Waals surface area contributed by atoms with Gasteiger partial charge in [-0.1, -0.05) is 18.2 Å². The predicted octanol–water partition coefficient (Wildman–Crippen LogP) is 3.11. The number of carboxylic acids is 1. The van der Waals surface area contributed by atoms with E-state index in [1.807, 2.05) is 17.5 Å². The molecule has 0 bridgehead atoms. The second-order valence-corrected chi connectivity index (χ2v) is 6.26. The molecule has 0 atom stereocenters. The van der Waals surface area contributed by atoms with Crippen LogP contribution in [0.4, 0.5) is 5.69 Å². The summed E-state index contributed by atoms with van der Waals surface area (Å²) in [6.07, 6.45) is -0.0480. The minimum atomic E-state index is -0.887. The molecule has 0 aliphatic heterocycles. The number of hydrogen-bond donors (Lipinski definition) is 2. The van der Waals surface area contributed by atoms with E-state index in [-0.39, 0.29) is 12.3 Å². The summed E-state index contributed by atoms with van der Waals surface area (Å²) in [6.45, 7) is 0. The van der Waals surface area contributed by atoms with Gasteiger partial charge in [0.1, 0.15) is 0 Å². The molecule has 0 spiro atoms. The van der Waals surface area contributed by atoms with Crippen molar-refractivity contribution in [2.45, 2.75) is 10.6 Å². The number of benzene rings is 1. The fraction of sp³-hybridized carbons (Fsp3) is 0.143. The van der Waals surface area contributed by atoms with Crippen LogP contribution in [0.3, 0.4) is 0 Å². The summed E-state index contributed by atoms with van der Waals surface area (Å²) >= 11 is 3.08. The van der Waals surface area contributed by atoms with Crippen LogP contribution in [0.15, 0.2) is 46.0 Å². The first-order chi connectivity index (χ1) is 9.63. The molecule has 1 aromatic carbocycles. The number of thioether (sulfide) groups is 1. The van der Waals surface area contributed by atoms with Gasteiger partial charge in [0, 0.05) is 5.69 Å². The van der Waals surface area contributed by atoms with E-state index >= 15 is 0 Å². The summed E-state index contributed by atoms with van der Waals surface area (Å²) in [6, 6.07) is 10.8. The van der Waals surface area contributed by atoms with Crippen molar-refractivity contribution in [3.05, 3.63) is 47.3 Å². The molecule has 0 fully saturated rings. The van der Waals surface area contributed by atoms with Crippen LogP contribution >= 0.6 is 23.1 Å². The Morgan fingerprint density at radius 3 is 2.80 bits per heavy atom. The standard InChI is InChI=1S/C14H13NO3S2/c16-12(9-20-14-5-2-6-19-14)15-11-4-1-3-10(7-11)8-13(17)18/h1-7H,8-9H2,(H,15,16)(H,17,18). The minimum absolute atomic E-state index is 0.0480. The third-order valence-electron chi connectivity index (χ3n) is 2.41. The van der Waals surface area contributed by atoms with Crippen molar-refractivity contribution in [3.63, 3.8) is 0 Å². The molecule has 1 heterocycles. The number of hydrogen-bond acceptors (Lipinski definition) is 4. The fourth-order valence-electron chi connectivity index (χ4n) is 1.61. The Morgan fingerprint density at radius 1 is 1.25 bits per heavy atom. The summed E-state index contributed by atoms with van der Waals surface area (Å²) < 4.78 is 1.10. The Morgan fingerprint density at radius 2 is 2.10 bits per heavy atom. The highest BCUT2D eigenvalue weighted by molar-refractivity contribution is 8.01. The second kappa shape index (κ2) is 7.12. The molecule has 6 heteroatoms. The Balaban J connectivity index is 1.88. The molecule has 2 aromatic rings. The Bertz CT molecular complexity index is 596. The van der Waals surface area contributed by atoms with E-state index in [1.54, 1.807) is 35.6 Å². The second-order valence-electron chi connectivity index (χ2n) is 4.04. The van der Waals surface area contributed by atoms with Crippen LogP contribution in [0.1, 0.15) is 5.56 Å². The summed E-state index contributed by atoms with van der Waals surface area (Å²) in [5.41, 5.74) is 1.29. The van der Waals surface area contributed by atoms with Gasteiger partial charge in [-0.3, -0.25) is 9.59 Å². The number of nitrogens with one attached hydrogen (secondary N) is 1. The molecule has 1 aromatic heterocycles. The summed E-state index contributed by atoms with van der Waals surface area (Å²) in [4.78, 5) is 22.4. The van der Waals surface area contributed by atoms with Gasteiger partial charge >= 0.3 is 5.97 Å². The maximum atomic E-state index is 11.8. The first-order valence-electron chi connectivity index (χ1n) is 5.90. The number of carbonyl (C=O) groups is 2. The van der Waals surface area contributed by atoms with E-state index in [1.165, 1.54) is 11.8 Å². The summed E-state index contributed by atoms with van der Waals surface area (Å²) in [7, 11) is 0. The maximum Gasteiger partial charge on any atom is 0.307 e. The average Bonchev–Trinajstić information content (AvgIpc) is 2.89. The molecule has 0 saturated heterocycles. The highest BCUT2D eigenvalue weighted by atomic mass is 32.2. The molecular weight excluding hydrogens is 294 g/mol. The molecule has 0 aliphatic rings. The lowest BCUT2D eigenvalue weighted by molar-refractivity contribution is -0.136. The van der Waals surface area contributed by atoms with Crippen molar-refractivity contribution in [1.82, 2.24) is 0 Å². The monoisotopic (exact) mass is 307 g/mol.